The average Bonchev–Trinajstić information content (AvgIpc) is 3.43. The molecule has 8 heteroatoms. The van der Waals surface area contributed by atoms with E-state index in [0.717, 1.165) is 36.4 Å². The Bertz CT molecular complexity index is 1270. The molecule has 1 aliphatic rings. The number of hydrogen-bond donors (Lipinski definition) is 3. The number of rotatable bonds is 13. The van der Waals surface area contributed by atoms with E-state index in [1.54, 1.807) is 12.0 Å². The molecule has 47 heavy (non-hydrogen) atoms. The number of likely N-dealkylation sites (tertiary alicyclic amines) is 1. The summed E-state index contributed by atoms with van der Waals surface area (Å²) in [6.45, 7) is 14.2. The number of hydrogen-bond acceptors (Lipinski definition) is 5. The van der Waals surface area contributed by atoms with Gasteiger partial charge in [-0.2, -0.15) is 0 Å². The van der Waals surface area contributed by atoms with Gasteiger partial charge in [-0.25, -0.2) is 0 Å². The minimum Gasteiger partial charge on any atom is -0.497 e. The van der Waals surface area contributed by atoms with Crippen LogP contribution in [-0.2, 0) is 27.3 Å². The molecule has 3 aromatic carbocycles. The first-order valence-electron chi connectivity index (χ1n) is 17.0. The van der Waals surface area contributed by atoms with Crippen molar-refractivity contribution in [3.8, 4) is 5.75 Å². The summed E-state index contributed by atoms with van der Waals surface area (Å²) in [5.41, 5.74) is 3.58. The molecule has 0 saturated carbocycles. The SMILES string of the molecule is CC.CCC.COc1cccc(CNCCCNC(=O)C(CCc2ccccc2)N2CCC(NC(C)=O)C2=O)c1.Cc1ccccc1. The first kappa shape index (κ1) is 40.9. The number of carbonyl (C=O) groups is 3. The Morgan fingerprint density at radius 2 is 1.53 bits per heavy atom. The number of nitrogens with one attached hydrogen (secondary N) is 3. The van der Waals surface area contributed by atoms with Crippen LogP contribution in [0.3, 0.4) is 0 Å². The monoisotopic (exact) mass is 646 g/mol. The van der Waals surface area contributed by atoms with Gasteiger partial charge < -0.3 is 25.6 Å². The second kappa shape index (κ2) is 25.0. The molecule has 4 rings (SSSR count). The topological polar surface area (TPSA) is 99.8 Å². The largest absolute Gasteiger partial charge is 0.497 e. The van der Waals surface area contributed by atoms with Crippen LogP contribution < -0.4 is 20.7 Å². The predicted octanol–water partition coefficient (Wildman–Crippen LogP) is 6.47. The summed E-state index contributed by atoms with van der Waals surface area (Å²) in [5.74, 6) is 0.256. The first-order valence-corrected chi connectivity index (χ1v) is 17.0. The van der Waals surface area contributed by atoms with Gasteiger partial charge in [-0.05, 0) is 62.4 Å². The Balaban J connectivity index is 0.000000782. The van der Waals surface area contributed by atoms with E-state index >= 15 is 0 Å². The Morgan fingerprint density at radius 3 is 2.11 bits per heavy atom. The van der Waals surface area contributed by atoms with Gasteiger partial charge in [-0.15, -0.1) is 0 Å². The van der Waals surface area contributed by atoms with Crippen molar-refractivity contribution in [1.29, 1.82) is 0 Å². The van der Waals surface area contributed by atoms with Crippen LogP contribution in [0.4, 0.5) is 0 Å². The molecule has 1 saturated heterocycles. The fraction of sp³-hybridized carbons (Fsp3) is 0.462. The summed E-state index contributed by atoms with van der Waals surface area (Å²) in [6, 6.07) is 27.0. The van der Waals surface area contributed by atoms with Crippen molar-refractivity contribution in [3.05, 3.63) is 102 Å². The summed E-state index contributed by atoms with van der Waals surface area (Å²) >= 11 is 0. The number of amides is 3. The standard InChI is InChI=1S/C27H36N4O4.C7H8.C3H8.C2H6/c1-20(32)30-24-14-17-31(27(24)34)25(13-12-21-8-4-3-5-9-21)26(33)29-16-7-15-28-19-22-10-6-11-23(18-22)35-2;1-7-5-3-2-4-6-7;1-3-2;1-2/h3-6,8-11,18,24-25,28H,7,12-17,19H2,1-2H3,(H,29,33)(H,30,32);2-6H,1H3;3H2,1-2H3;1-2H3. The molecule has 3 amide bonds. The first-order chi connectivity index (χ1) is 22.8. The summed E-state index contributed by atoms with van der Waals surface area (Å²) in [6.07, 6.45) is 3.75. The average molecular weight is 647 g/mol. The van der Waals surface area contributed by atoms with E-state index in [-0.39, 0.29) is 17.7 Å². The molecule has 0 spiro atoms. The quantitative estimate of drug-likeness (QED) is 0.185. The summed E-state index contributed by atoms with van der Waals surface area (Å²) in [4.78, 5) is 39.1. The minimum absolute atomic E-state index is 0.148. The lowest BCUT2D eigenvalue weighted by Gasteiger charge is -2.27. The molecule has 0 bridgehead atoms. The van der Waals surface area contributed by atoms with Crippen LogP contribution in [0.2, 0.25) is 0 Å². The van der Waals surface area contributed by atoms with Crippen LogP contribution in [0.5, 0.6) is 5.75 Å². The summed E-state index contributed by atoms with van der Waals surface area (Å²) < 4.78 is 5.25. The molecule has 2 atom stereocenters. The number of carbonyl (C=O) groups excluding carboxylic acids is 3. The van der Waals surface area contributed by atoms with E-state index in [9.17, 15) is 14.4 Å². The fourth-order valence-electron chi connectivity index (χ4n) is 4.86. The molecule has 0 aromatic heterocycles. The lowest BCUT2D eigenvalue weighted by atomic mass is 10.0. The van der Waals surface area contributed by atoms with Gasteiger partial charge in [0, 0.05) is 26.6 Å². The van der Waals surface area contributed by atoms with Gasteiger partial charge in [0.05, 0.1) is 7.11 Å². The van der Waals surface area contributed by atoms with E-state index in [2.05, 4.69) is 48.9 Å². The van der Waals surface area contributed by atoms with Gasteiger partial charge in [0.15, 0.2) is 0 Å². The van der Waals surface area contributed by atoms with Crippen molar-refractivity contribution >= 4 is 17.7 Å². The van der Waals surface area contributed by atoms with Crippen molar-refractivity contribution in [3.63, 3.8) is 0 Å². The second-order valence-electron chi connectivity index (χ2n) is 11.1. The molecule has 2 unspecified atom stereocenters. The lowest BCUT2D eigenvalue weighted by molar-refractivity contribution is -0.139. The third-order valence-electron chi connectivity index (χ3n) is 7.08. The molecule has 1 aliphatic heterocycles. The van der Waals surface area contributed by atoms with Crippen LogP contribution in [-0.4, -0.2) is 61.4 Å². The molecule has 0 aliphatic carbocycles. The highest BCUT2D eigenvalue weighted by Gasteiger charge is 2.38. The zero-order valence-corrected chi connectivity index (χ0v) is 29.7. The molecular formula is C39H58N4O4. The highest BCUT2D eigenvalue weighted by Crippen LogP contribution is 2.19. The number of methoxy groups -OCH3 is 1. The maximum atomic E-state index is 13.1. The number of benzene rings is 3. The smallest absolute Gasteiger partial charge is 0.245 e. The highest BCUT2D eigenvalue weighted by atomic mass is 16.5. The van der Waals surface area contributed by atoms with E-state index in [1.165, 1.54) is 18.9 Å². The number of aryl methyl sites for hydroxylation is 2. The fourth-order valence-corrected chi connectivity index (χ4v) is 4.86. The third-order valence-corrected chi connectivity index (χ3v) is 7.08. The Labute approximate surface area is 283 Å². The normalized spacial score (nSPS) is 13.8. The van der Waals surface area contributed by atoms with E-state index in [1.807, 2.05) is 86.6 Å². The predicted molar refractivity (Wildman–Crippen MR) is 193 cm³/mol. The van der Waals surface area contributed by atoms with Crippen molar-refractivity contribution in [2.45, 2.75) is 92.3 Å². The van der Waals surface area contributed by atoms with Gasteiger partial charge in [0.2, 0.25) is 17.7 Å². The van der Waals surface area contributed by atoms with E-state index in [4.69, 9.17) is 4.74 Å². The van der Waals surface area contributed by atoms with Crippen LogP contribution in [0, 0.1) is 6.92 Å². The Kier molecular flexibility index (Phi) is 21.7. The molecule has 258 valence electrons. The molecule has 8 nitrogen and oxygen atoms in total. The van der Waals surface area contributed by atoms with Crippen LogP contribution >= 0.6 is 0 Å². The Hall–Kier alpha value is -4.17. The maximum absolute atomic E-state index is 13.1. The molecule has 3 N–H and O–H groups in total. The van der Waals surface area contributed by atoms with Gasteiger partial charge in [0.1, 0.15) is 17.8 Å². The highest BCUT2D eigenvalue weighted by molar-refractivity contribution is 5.93. The molecule has 1 heterocycles. The number of ether oxygens (including phenoxy) is 1. The lowest BCUT2D eigenvalue weighted by Crippen LogP contribution is -2.50. The minimum atomic E-state index is -0.564. The third kappa shape index (κ3) is 16.8. The van der Waals surface area contributed by atoms with E-state index in [0.29, 0.717) is 32.4 Å². The van der Waals surface area contributed by atoms with Crippen LogP contribution in [0.1, 0.15) is 77.0 Å². The Morgan fingerprint density at radius 1 is 0.915 bits per heavy atom. The van der Waals surface area contributed by atoms with Crippen LogP contribution in [0.25, 0.3) is 0 Å². The van der Waals surface area contributed by atoms with Crippen LogP contribution in [0.15, 0.2) is 84.9 Å². The summed E-state index contributed by atoms with van der Waals surface area (Å²) in [5, 5.41) is 9.08. The van der Waals surface area contributed by atoms with Crippen molar-refractivity contribution in [1.82, 2.24) is 20.9 Å². The van der Waals surface area contributed by atoms with Gasteiger partial charge in [0.25, 0.3) is 0 Å². The van der Waals surface area contributed by atoms with Gasteiger partial charge >= 0.3 is 0 Å². The molecular weight excluding hydrogens is 588 g/mol. The molecule has 1 fully saturated rings. The van der Waals surface area contributed by atoms with Gasteiger partial charge in [-0.1, -0.05) is 112 Å². The maximum Gasteiger partial charge on any atom is 0.245 e. The zero-order chi connectivity index (χ0) is 34.9. The summed E-state index contributed by atoms with van der Waals surface area (Å²) in [7, 11) is 1.65. The van der Waals surface area contributed by atoms with Crippen molar-refractivity contribution in [2.24, 2.45) is 0 Å². The van der Waals surface area contributed by atoms with Gasteiger partial charge in [-0.3, -0.25) is 14.4 Å². The number of nitrogens with zero attached hydrogens (tertiary/aromatic N) is 1. The molecule has 3 aromatic rings. The van der Waals surface area contributed by atoms with Crippen molar-refractivity contribution < 1.29 is 19.1 Å². The van der Waals surface area contributed by atoms with E-state index < -0.39 is 12.1 Å². The molecule has 0 radical (unpaired) electrons. The van der Waals surface area contributed by atoms with Crippen molar-refractivity contribution in [2.75, 3.05) is 26.7 Å². The zero-order valence-electron chi connectivity index (χ0n) is 29.7. The second-order valence-corrected chi connectivity index (χ2v) is 11.1.